The van der Waals surface area contributed by atoms with Crippen molar-refractivity contribution in [2.24, 2.45) is 5.73 Å². The molecule has 0 spiro atoms. The molecule has 1 heterocycles. The lowest BCUT2D eigenvalue weighted by molar-refractivity contribution is 0.427. The van der Waals surface area contributed by atoms with Crippen LogP contribution in [0.1, 0.15) is 5.56 Å². The predicted octanol–water partition coefficient (Wildman–Crippen LogP) is 3.23. The molecule has 5 heteroatoms. The number of hydrogen-bond acceptors (Lipinski definition) is 3. The van der Waals surface area contributed by atoms with Crippen LogP contribution in [0.15, 0.2) is 41.0 Å². The molecule has 0 aliphatic rings. The molecule has 0 aliphatic carbocycles. The van der Waals surface area contributed by atoms with Gasteiger partial charge in [-0.1, -0.05) is 6.07 Å². The van der Waals surface area contributed by atoms with Gasteiger partial charge in [-0.05, 0) is 39.7 Å². The summed E-state index contributed by atoms with van der Waals surface area (Å²) in [5.41, 5.74) is 6.13. The summed E-state index contributed by atoms with van der Waals surface area (Å²) in [6.45, 7) is 0.299. The van der Waals surface area contributed by atoms with Crippen LogP contribution in [0.2, 0.25) is 0 Å². The third-order valence-corrected chi connectivity index (χ3v) is 2.62. The lowest BCUT2D eigenvalue weighted by Crippen LogP contribution is -1.98. The molecule has 1 aromatic heterocycles. The predicted molar refractivity (Wildman–Crippen MR) is 66.3 cm³/mol. The normalized spacial score (nSPS) is 10.3. The molecule has 0 amide bonds. The Kier molecular flexibility index (Phi) is 3.71. The molecule has 2 N–H and O–H groups in total. The quantitative estimate of drug-likeness (QED) is 0.946. The lowest BCUT2D eigenvalue weighted by Gasteiger charge is -2.06. The van der Waals surface area contributed by atoms with E-state index in [2.05, 4.69) is 20.9 Å². The number of nitrogens with two attached hydrogens (primary N) is 1. The molecule has 88 valence electrons. The zero-order valence-electron chi connectivity index (χ0n) is 8.86. The summed E-state index contributed by atoms with van der Waals surface area (Å²) in [6.07, 6.45) is 1.58. The standard InChI is InChI=1S/C12H10BrFN2O/c13-9-2-4-12(16-7-9)17-11-3-1-8(6-15)5-10(11)14/h1-5,7H,6,15H2. The number of halogens is 2. The SMILES string of the molecule is NCc1ccc(Oc2ccc(Br)cn2)c(F)c1. The van der Waals surface area contributed by atoms with Gasteiger partial charge in [-0.3, -0.25) is 0 Å². The van der Waals surface area contributed by atoms with Crippen LogP contribution in [0.5, 0.6) is 11.6 Å². The highest BCUT2D eigenvalue weighted by Gasteiger charge is 2.06. The summed E-state index contributed by atoms with van der Waals surface area (Å²) >= 11 is 3.26. The summed E-state index contributed by atoms with van der Waals surface area (Å²) in [6, 6.07) is 8.04. The van der Waals surface area contributed by atoms with Crippen LogP contribution < -0.4 is 10.5 Å². The zero-order valence-corrected chi connectivity index (χ0v) is 10.4. The number of pyridine rings is 1. The van der Waals surface area contributed by atoms with E-state index in [1.807, 2.05) is 0 Å². The molecule has 0 bridgehead atoms. The molecule has 0 atom stereocenters. The molecule has 0 saturated carbocycles. The Balaban J connectivity index is 2.21. The van der Waals surface area contributed by atoms with Gasteiger partial charge >= 0.3 is 0 Å². The highest BCUT2D eigenvalue weighted by atomic mass is 79.9. The molecule has 1 aromatic carbocycles. The van der Waals surface area contributed by atoms with Crippen LogP contribution in [-0.2, 0) is 6.54 Å². The van der Waals surface area contributed by atoms with E-state index in [9.17, 15) is 4.39 Å². The van der Waals surface area contributed by atoms with Gasteiger partial charge in [-0.25, -0.2) is 9.37 Å². The largest absolute Gasteiger partial charge is 0.436 e. The van der Waals surface area contributed by atoms with E-state index >= 15 is 0 Å². The minimum Gasteiger partial charge on any atom is -0.436 e. The Morgan fingerprint density at radius 1 is 1.29 bits per heavy atom. The first-order chi connectivity index (χ1) is 8.19. The molecular formula is C12H10BrFN2O. The second kappa shape index (κ2) is 5.25. The Morgan fingerprint density at radius 3 is 2.71 bits per heavy atom. The van der Waals surface area contributed by atoms with Gasteiger partial charge in [-0.2, -0.15) is 0 Å². The molecule has 2 rings (SSSR count). The van der Waals surface area contributed by atoms with Crippen molar-refractivity contribution in [1.82, 2.24) is 4.98 Å². The molecule has 2 aromatic rings. The first-order valence-electron chi connectivity index (χ1n) is 4.97. The Bertz CT molecular complexity index is 516. The number of benzene rings is 1. The monoisotopic (exact) mass is 296 g/mol. The molecule has 0 fully saturated rings. The molecule has 0 saturated heterocycles. The topological polar surface area (TPSA) is 48.1 Å². The van der Waals surface area contributed by atoms with Crippen LogP contribution in [-0.4, -0.2) is 4.98 Å². The molecule has 0 unspecified atom stereocenters. The maximum Gasteiger partial charge on any atom is 0.219 e. The maximum atomic E-state index is 13.6. The second-order valence-electron chi connectivity index (χ2n) is 3.39. The third-order valence-electron chi connectivity index (χ3n) is 2.15. The van der Waals surface area contributed by atoms with E-state index in [1.54, 1.807) is 30.5 Å². The van der Waals surface area contributed by atoms with Crippen molar-refractivity contribution in [3.63, 3.8) is 0 Å². The number of rotatable bonds is 3. The van der Waals surface area contributed by atoms with E-state index < -0.39 is 5.82 Å². The van der Waals surface area contributed by atoms with Gasteiger partial charge in [0.1, 0.15) is 0 Å². The van der Waals surface area contributed by atoms with Crippen LogP contribution in [0, 0.1) is 5.82 Å². The summed E-state index contributed by atoms with van der Waals surface area (Å²) in [4.78, 5) is 4.00. The number of aromatic nitrogens is 1. The van der Waals surface area contributed by atoms with Gasteiger partial charge in [0.2, 0.25) is 5.88 Å². The van der Waals surface area contributed by atoms with Gasteiger partial charge in [-0.15, -0.1) is 0 Å². The minimum absolute atomic E-state index is 0.136. The van der Waals surface area contributed by atoms with Crippen molar-refractivity contribution in [3.8, 4) is 11.6 Å². The van der Waals surface area contributed by atoms with Gasteiger partial charge in [0.25, 0.3) is 0 Å². The Morgan fingerprint density at radius 2 is 2.12 bits per heavy atom. The molecule has 17 heavy (non-hydrogen) atoms. The Hall–Kier alpha value is -1.46. The molecular weight excluding hydrogens is 287 g/mol. The van der Waals surface area contributed by atoms with Gasteiger partial charge in [0.05, 0.1) is 0 Å². The lowest BCUT2D eigenvalue weighted by atomic mass is 10.2. The highest BCUT2D eigenvalue weighted by Crippen LogP contribution is 2.24. The summed E-state index contributed by atoms with van der Waals surface area (Å²) in [7, 11) is 0. The van der Waals surface area contributed by atoms with E-state index in [0.29, 0.717) is 12.4 Å². The highest BCUT2D eigenvalue weighted by molar-refractivity contribution is 9.10. The van der Waals surface area contributed by atoms with Crippen LogP contribution in [0.4, 0.5) is 4.39 Å². The molecule has 0 radical (unpaired) electrons. The van der Waals surface area contributed by atoms with E-state index in [4.69, 9.17) is 10.5 Å². The van der Waals surface area contributed by atoms with Gasteiger partial charge < -0.3 is 10.5 Å². The van der Waals surface area contributed by atoms with Crippen LogP contribution in [0.3, 0.4) is 0 Å². The van der Waals surface area contributed by atoms with E-state index in [1.165, 1.54) is 6.07 Å². The fraction of sp³-hybridized carbons (Fsp3) is 0.0833. The van der Waals surface area contributed by atoms with Crippen molar-refractivity contribution in [2.45, 2.75) is 6.54 Å². The van der Waals surface area contributed by atoms with E-state index in [0.717, 1.165) is 10.0 Å². The van der Waals surface area contributed by atoms with Crippen molar-refractivity contribution in [3.05, 3.63) is 52.4 Å². The van der Waals surface area contributed by atoms with Crippen molar-refractivity contribution >= 4 is 15.9 Å². The minimum atomic E-state index is -0.447. The van der Waals surface area contributed by atoms with Crippen LogP contribution >= 0.6 is 15.9 Å². The number of nitrogens with zero attached hydrogens (tertiary/aromatic N) is 1. The summed E-state index contributed by atoms with van der Waals surface area (Å²) in [5, 5.41) is 0. The van der Waals surface area contributed by atoms with E-state index in [-0.39, 0.29) is 5.75 Å². The van der Waals surface area contributed by atoms with Gasteiger partial charge in [0, 0.05) is 23.3 Å². The number of hydrogen-bond donors (Lipinski definition) is 1. The molecule has 0 aliphatic heterocycles. The maximum absolute atomic E-state index is 13.6. The smallest absolute Gasteiger partial charge is 0.219 e. The van der Waals surface area contributed by atoms with Gasteiger partial charge in [0.15, 0.2) is 11.6 Å². The summed E-state index contributed by atoms with van der Waals surface area (Å²) in [5.74, 6) is 0.0299. The first-order valence-corrected chi connectivity index (χ1v) is 5.76. The number of ether oxygens (including phenoxy) is 1. The molecule has 3 nitrogen and oxygen atoms in total. The van der Waals surface area contributed by atoms with Crippen molar-refractivity contribution in [1.29, 1.82) is 0 Å². The van der Waals surface area contributed by atoms with Crippen molar-refractivity contribution in [2.75, 3.05) is 0 Å². The van der Waals surface area contributed by atoms with Crippen molar-refractivity contribution < 1.29 is 9.13 Å². The zero-order chi connectivity index (χ0) is 12.3. The summed E-state index contributed by atoms with van der Waals surface area (Å²) < 4.78 is 19.7. The fourth-order valence-corrected chi connectivity index (χ4v) is 1.52. The second-order valence-corrected chi connectivity index (χ2v) is 4.30. The first kappa shape index (κ1) is 12.0. The third kappa shape index (κ3) is 3.01. The Labute approximate surface area is 107 Å². The average molecular weight is 297 g/mol. The fourth-order valence-electron chi connectivity index (χ4n) is 1.29. The average Bonchev–Trinajstić information content (AvgIpc) is 2.34. The van der Waals surface area contributed by atoms with Crippen LogP contribution in [0.25, 0.3) is 0 Å².